The molecule has 0 aliphatic rings. The smallest absolute Gasteiger partial charge is 0.0442 e. The van der Waals surface area contributed by atoms with E-state index in [0.717, 1.165) is 6.42 Å². The molecule has 3 N–H and O–H groups in total. The number of nitrogens with two attached hydrogens (primary N) is 1. The van der Waals surface area contributed by atoms with E-state index in [1.54, 1.807) is 0 Å². The minimum atomic E-state index is 0.283. The summed E-state index contributed by atoms with van der Waals surface area (Å²) in [6.07, 6.45) is 1.09. The average molecular weight is 178 g/mol. The fraction of sp³-hybridized carbons (Fsp3) is 0.455. The number of likely N-dealkylation sites (N-methyl/N-ethyl adjacent to an activating group) is 1. The van der Waals surface area contributed by atoms with E-state index in [4.69, 9.17) is 5.73 Å². The van der Waals surface area contributed by atoms with Gasteiger partial charge in [-0.05, 0) is 24.6 Å². The molecule has 0 saturated carbocycles. The Labute approximate surface area is 80.1 Å². The minimum absolute atomic E-state index is 0.283. The SMILES string of the molecule is CCc1ccc([C@@H](CN)NC)cc1. The highest BCUT2D eigenvalue weighted by Crippen LogP contribution is 2.12. The Balaban J connectivity index is 2.78. The quantitative estimate of drug-likeness (QED) is 0.732. The highest BCUT2D eigenvalue weighted by Gasteiger charge is 2.05. The van der Waals surface area contributed by atoms with Gasteiger partial charge in [-0.15, -0.1) is 0 Å². The van der Waals surface area contributed by atoms with Crippen molar-refractivity contribution in [1.29, 1.82) is 0 Å². The lowest BCUT2D eigenvalue weighted by molar-refractivity contribution is 0.605. The molecule has 2 heteroatoms. The summed E-state index contributed by atoms with van der Waals surface area (Å²) in [4.78, 5) is 0. The molecule has 0 bridgehead atoms. The molecule has 0 unspecified atom stereocenters. The van der Waals surface area contributed by atoms with Crippen LogP contribution in [0, 0.1) is 0 Å². The van der Waals surface area contributed by atoms with Crippen LogP contribution in [0.15, 0.2) is 24.3 Å². The van der Waals surface area contributed by atoms with E-state index in [9.17, 15) is 0 Å². The molecule has 0 saturated heterocycles. The summed E-state index contributed by atoms with van der Waals surface area (Å²) >= 11 is 0. The van der Waals surface area contributed by atoms with Crippen LogP contribution in [0.2, 0.25) is 0 Å². The first-order valence-electron chi connectivity index (χ1n) is 4.78. The molecule has 1 atom stereocenters. The molecule has 13 heavy (non-hydrogen) atoms. The van der Waals surface area contributed by atoms with Crippen molar-refractivity contribution in [3.8, 4) is 0 Å². The number of hydrogen-bond acceptors (Lipinski definition) is 2. The molecule has 0 aromatic heterocycles. The fourth-order valence-electron chi connectivity index (χ4n) is 1.41. The lowest BCUT2D eigenvalue weighted by atomic mass is 10.0. The predicted molar refractivity (Wildman–Crippen MR) is 56.7 cm³/mol. The molecule has 0 radical (unpaired) electrons. The molecule has 0 heterocycles. The summed E-state index contributed by atoms with van der Waals surface area (Å²) in [6, 6.07) is 8.90. The third kappa shape index (κ3) is 2.54. The Hall–Kier alpha value is -0.860. The van der Waals surface area contributed by atoms with Crippen LogP contribution >= 0.6 is 0 Å². The van der Waals surface area contributed by atoms with Crippen molar-refractivity contribution >= 4 is 0 Å². The van der Waals surface area contributed by atoms with Crippen LogP contribution in [0.1, 0.15) is 24.1 Å². The predicted octanol–water partition coefficient (Wildman–Crippen LogP) is 1.47. The van der Waals surface area contributed by atoms with Crippen LogP contribution in [0.5, 0.6) is 0 Å². The van der Waals surface area contributed by atoms with Crippen molar-refractivity contribution in [2.24, 2.45) is 5.73 Å². The highest BCUT2D eigenvalue weighted by atomic mass is 14.9. The number of hydrogen-bond donors (Lipinski definition) is 2. The van der Waals surface area contributed by atoms with Gasteiger partial charge in [0.25, 0.3) is 0 Å². The fourth-order valence-corrected chi connectivity index (χ4v) is 1.41. The van der Waals surface area contributed by atoms with E-state index < -0.39 is 0 Å². The second kappa shape index (κ2) is 5.00. The van der Waals surface area contributed by atoms with Crippen molar-refractivity contribution in [3.63, 3.8) is 0 Å². The van der Waals surface area contributed by atoms with E-state index in [1.165, 1.54) is 11.1 Å². The Morgan fingerprint density at radius 1 is 1.31 bits per heavy atom. The molecular weight excluding hydrogens is 160 g/mol. The molecule has 0 aliphatic carbocycles. The normalized spacial score (nSPS) is 12.8. The zero-order chi connectivity index (χ0) is 9.68. The third-order valence-corrected chi connectivity index (χ3v) is 2.37. The van der Waals surface area contributed by atoms with E-state index in [1.807, 2.05) is 7.05 Å². The summed E-state index contributed by atoms with van der Waals surface area (Å²) < 4.78 is 0. The zero-order valence-electron chi connectivity index (χ0n) is 8.38. The van der Waals surface area contributed by atoms with Gasteiger partial charge in [0.1, 0.15) is 0 Å². The minimum Gasteiger partial charge on any atom is -0.329 e. The van der Waals surface area contributed by atoms with Gasteiger partial charge in [0, 0.05) is 12.6 Å². The number of nitrogens with one attached hydrogen (secondary N) is 1. The van der Waals surface area contributed by atoms with Crippen molar-refractivity contribution in [2.45, 2.75) is 19.4 Å². The Morgan fingerprint density at radius 3 is 2.31 bits per heavy atom. The van der Waals surface area contributed by atoms with E-state index >= 15 is 0 Å². The van der Waals surface area contributed by atoms with Gasteiger partial charge in [-0.1, -0.05) is 31.2 Å². The topological polar surface area (TPSA) is 38.0 Å². The first-order valence-corrected chi connectivity index (χ1v) is 4.78. The summed E-state index contributed by atoms with van der Waals surface area (Å²) in [5, 5.41) is 3.18. The summed E-state index contributed by atoms with van der Waals surface area (Å²) in [5.74, 6) is 0. The molecule has 2 nitrogen and oxygen atoms in total. The standard InChI is InChI=1S/C11H18N2/c1-3-9-4-6-10(7-5-9)11(8-12)13-2/h4-7,11,13H,3,8,12H2,1-2H3/t11-/m1/s1. The maximum absolute atomic E-state index is 5.62. The zero-order valence-corrected chi connectivity index (χ0v) is 8.38. The lowest BCUT2D eigenvalue weighted by Gasteiger charge is -2.14. The molecule has 0 fully saturated rings. The van der Waals surface area contributed by atoms with E-state index in [-0.39, 0.29) is 6.04 Å². The summed E-state index contributed by atoms with van der Waals surface area (Å²) in [6.45, 7) is 2.80. The molecular formula is C11H18N2. The van der Waals surface area contributed by atoms with Crippen molar-refractivity contribution in [1.82, 2.24) is 5.32 Å². The van der Waals surface area contributed by atoms with Gasteiger partial charge in [-0.25, -0.2) is 0 Å². The third-order valence-electron chi connectivity index (χ3n) is 2.37. The number of rotatable bonds is 4. The van der Waals surface area contributed by atoms with Gasteiger partial charge in [-0.2, -0.15) is 0 Å². The van der Waals surface area contributed by atoms with Crippen molar-refractivity contribution < 1.29 is 0 Å². The second-order valence-corrected chi connectivity index (χ2v) is 3.17. The summed E-state index contributed by atoms with van der Waals surface area (Å²) in [5.41, 5.74) is 8.26. The van der Waals surface area contributed by atoms with Gasteiger partial charge >= 0.3 is 0 Å². The maximum atomic E-state index is 5.62. The van der Waals surface area contributed by atoms with E-state index in [0.29, 0.717) is 6.54 Å². The monoisotopic (exact) mass is 178 g/mol. The molecule has 1 aromatic rings. The van der Waals surface area contributed by atoms with Crippen LogP contribution in [0.25, 0.3) is 0 Å². The van der Waals surface area contributed by atoms with E-state index in [2.05, 4.69) is 36.5 Å². The molecule has 1 rings (SSSR count). The van der Waals surface area contributed by atoms with Crippen LogP contribution in [-0.4, -0.2) is 13.6 Å². The van der Waals surface area contributed by atoms with Gasteiger partial charge in [-0.3, -0.25) is 0 Å². The lowest BCUT2D eigenvalue weighted by Crippen LogP contribution is -2.24. The molecule has 0 aliphatic heterocycles. The van der Waals surface area contributed by atoms with Crippen molar-refractivity contribution in [2.75, 3.05) is 13.6 Å². The molecule has 0 amide bonds. The van der Waals surface area contributed by atoms with Crippen molar-refractivity contribution in [3.05, 3.63) is 35.4 Å². The Bertz CT molecular complexity index is 237. The van der Waals surface area contributed by atoms with Gasteiger partial charge in [0.05, 0.1) is 0 Å². The highest BCUT2D eigenvalue weighted by molar-refractivity contribution is 5.25. The van der Waals surface area contributed by atoms with Gasteiger partial charge in [0.15, 0.2) is 0 Å². The van der Waals surface area contributed by atoms with Gasteiger partial charge in [0.2, 0.25) is 0 Å². The van der Waals surface area contributed by atoms with Crippen LogP contribution in [0.4, 0.5) is 0 Å². The first kappa shape index (κ1) is 10.2. The maximum Gasteiger partial charge on any atom is 0.0442 e. The Morgan fingerprint density at radius 2 is 1.92 bits per heavy atom. The number of aryl methyl sites for hydroxylation is 1. The Kier molecular flexibility index (Phi) is 3.93. The van der Waals surface area contributed by atoms with Crippen LogP contribution < -0.4 is 11.1 Å². The van der Waals surface area contributed by atoms with Crippen LogP contribution in [-0.2, 0) is 6.42 Å². The second-order valence-electron chi connectivity index (χ2n) is 3.17. The molecule has 0 spiro atoms. The largest absolute Gasteiger partial charge is 0.329 e. The first-order chi connectivity index (χ1) is 6.31. The number of benzene rings is 1. The molecule has 72 valence electrons. The van der Waals surface area contributed by atoms with Crippen LogP contribution in [0.3, 0.4) is 0 Å². The average Bonchev–Trinajstić information content (AvgIpc) is 2.21. The van der Waals surface area contributed by atoms with Gasteiger partial charge < -0.3 is 11.1 Å². The summed E-state index contributed by atoms with van der Waals surface area (Å²) in [7, 11) is 1.94. The molecule has 1 aromatic carbocycles.